The predicted molar refractivity (Wildman–Crippen MR) is 134 cm³/mol. The summed E-state index contributed by atoms with van der Waals surface area (Å²) in [6, 6.07) is 18.0. The molecule has 8 heteroatoms. The van der Waals surface area contributed by atoms with Crippen LogP contribution in [0.1, 0.15) is 26.3 Å². The van der Waals surface area contributed by atoms with Gasteiger partial charge in [-0.15, -0.1) is 10.2 Å². The second-order valence-corrected chi connectivity index (χ2v) is 10.3. The van der Waals surface area contributed by atoms with Crippen molar-refractivity contribution < 1.29 is 13.9 Å². The van der Waals surface area contributed by atoms with Crippen molar-refractivity contribution in [3.63, 3.8) is 0 Å². The molecule has 34 heavy (non-hydrogen) atoms. The highest BCUT2D eigenvalue weighted by molar-refractivity contribution is 7.99. The van der Waals surface area contributed by atoms with Crippen LogP contribution in [0.4, 0.5) is 0 Å². The Morgan fingerprint density at radius 2 is 1.71 bits per heavy atom. The molecule has 0 N–H and O–H groups in total. The summed E-state index contributed by atoms with van der Waals surface area (Å²) in [6.45, 7) is 11.2. The van der Waals surface area contributed by atoms with Gasteiger partial charge in [-0.25, -0.2) is 0 Å². The minimum Gasteiger partial charge on any atom is -0.492 e. The van der Waals surface area contributed by atoms with E-state index in [1.165, 1.54) is 17.3 Å². The summed E-state index contributed by atoms with van der Waals surface area (Å²) in [5.74, 6) is 1.75. The molecule has 7 nitrogen and oxygen atoms in total. The molecule has 4 rings (SSSR count). The second-order valence-electron chi connectivity index (χ2n) is 9.37. The normalized spacial score (nSPS) is 14.9. The molecule has 0 spiro atoms. The molecule has 0 radical (unpaired) electrons. The van der Waals surface area contributed by atoms with Gasteiger partial charge in [0.2, 0.25) is 11.8 Å². The Labute approximate surface area is 205 Å². The molecule has 2 aromatic carbocycles. The van der Waals surface area contributed by atoms with E-state index >= 15 is 0 Å². The van der Waals surface area contributed by atoms with E-state index in [2.05, 4.69) is 48.0 Å². The summed E-state index contributed by atoms with van der Waals surface area (Å²) in [7, 11) is 0. The maximum Gasteiger partial charge on any atom is 0.277 e. The topological polar surface area (TPSA) is 71.7 Å². The minimum absolute atomic E-state index is 0.0934. The van der Waals surface area contributed by atoms with Crippen molar-refractivity contribution in [3.05, 3.63) is 60.2 Å². The molecule has 0 atom stereocenters. The van der Waals surface area contributed by atoms with Crippen LogP contribution < -0.4 is 4.74 Å². The number of carbonyl (C=O) groups is 1. The van der Waals surface area contributed by atoms with E-state index < -0.39 is 0 Å². The lowest BCUT2D eigenvalue weighted by Crippen LogP contribution is -2.50. The molecule has 1 saturated heterocycles. The largest absolute Gasteiger partial charge is 0.492 e. The lowest BCUT2D eigenvalue weighted by atomic mass is 9.87. The molecule has 1 aliphatic rings. The van der Waals surface area contributed by atoms with E-state index in [9.17, 15) is 4.79 Å². The molecule has 180 valence electrons. The number of thioether (sulfide) groups is 1. The van der Waals surface area contributed by atoms with Crippen LogP contribution in [-0.2, 0) is 10.2 Å². The number of hydrogen-bond acceptors (Lipinski definition) is 7. The number of aromatic nitrogens is 2. The molecule has 1 fully saturated rings. The average molecular weight is 481 g/mol. The zero-order chi connectivity index (χ0) is 24.0. The third kappa shape index (κ3) is 6.61. The molecular weight excluding hydrogens is 448 g/mol. The summed E-state index contributed by atoms with van der Waals surface area (Å²) >= 11 is 1.29. The fourth-order valence-corrected chi connectivity index (χ4v) is 4.41. The van der Waals surface area contributed by atoms with Crippen LogP contribution in [0.2, 0.25) is 0 Å². The number of piperazine rings is 1. The summed E-state index contributed by atoms with van der Waals surface area (Å²) in [5, 5.41) is 8.67. The number of carbonyl (C=O) groups excluding carboxylic acids is 1. The first-order chi connectivity index (χ1) is 16.4. The van der Waals surface area contributed by atoms with Gasteiger partial charge in [-0.05, 0) is 35.2 Å². The molecule has 2 heterocycles. The van der Waals surface area contributed by atoms with Crippen LogP contribution >= 0.6 is 11.8 Å². The monoisotopic (exact) mass is 480 g/mol. The van der Waals surface area contributed by atoms with Gasteiger partial charge in [-0.2, -0.15) is 0 Å². The third-order valence-corrected chi connectivity index (χ3v) is 6.67. The highest BCUT2D eigenvalue weighted by atomic mass is 32.2. The number of para-hydroxylation sites is 1. The van der Waals surface area contributed by atoms with Crippen molar-refractivity contribution in [1.29, 1.82) is 0 Å². The summed E-state index contributed by atoms with van der Waals surface area (Å²) in [5.41, 5.74) is 2.22. The number of benzene rings is 2. The first kappa shape index (κ1) is 24.3. The first-order valence-electron chi connectivity index (χ1n) is 11.6. The summed E-state index contributed by atoms with van der Waals surface area (Å²) in [6.07, 6.45) is 0. The summed E-state index contributed by atoms with van der Waals surface area (Å²) in [4.78, 5) is 16.9. The molecule has 1 aromatic heterocycles. The SMILES string of the molecule is CC(C)(C)c1ccc(-c2nnc(SCC(=O)N3CCN(CCOc4ccccc4)CC3)o2)cc1. The van der Waals surface area contributed by atoms with Gasteiger partial charge in [0.15, 0.2) is 0 Å². The fourth-order valence-electron chi connectivity index (χ4n) is 3.74. The standard InChI is InChI=1S/C26H32N4O3S/c1-26(2,3)21-11-9-20(10-12-21)24-27-28-25(33-24)34-19-23(31)30-15-13-29(14-16-30)17-18-32-22-7-5-4-6-8-22/h4-12H,13-19H2,1-3H3. The van der Waals surface area contributed by atoms with Crippen LogP contribution in [0.5, 0.6) is 5.75 Å². The van der Waals surface area contributed by atoms with Crippen molar-refractivity contribution >= 4 is 17.7 Å². The lowest BCUT2D eigenvalue weighted by Gasteiger charge is -2.34. The van der Waals surface area contributed by atoms with Crippen LogP contribution in [-0.4, -0.2) is 71.0 Å². The molecule has 1 aliphatic heterocycles. The number of amides is 1. The van der Waals surface area contributed by atoms with Gasteiger partial charge >= 0.3 is 0 Å². The maximum atomic E-state index is 12.7. The molecule has 1 amide bonds. The van der Waals surface area contributed by atoms with Gasteiger partial charge < -0.3 is 14.1 Å². The van der Waals surface area contributed by atoms with Gasteiger partial charge in [0.25, 0.3) is 5.22 Å². The van der Waals surface area contributed by atoms with Crippen LogP contribution in [0.3, 0.4) is 0 Å². The van der Waals surface area contributed by atoms with E-state index in [-0.39, 0.29) is 11.3 Å². The van der Waals surface area contributed by atoms with Crippen LogP contribution in [0, 0.1) is 0 Å². The highest BCUT2D eigenvalue weighted by Gasteiger charge is 2.22. The molecule has 0 aliphatic carbocycles. The Kier molecular flexibility index (Phi) is 7.90. The van der Waals surface area contributed by atoms with Crippen molar-refractivity contribution in [3.8, 4) is 17.2 Å². The van der Waals surface area contributed by atoms with E-state index in [4.69, 9.17) is 9.15 Å². The number of ether oxygens (including phenoxy) is 1. The average Bonchev–Trinajstić information content (AvgIpc) is 3.32. The molecule has 3 aromatic rings. The van der Waals surface area contributed by atoms with Crippen LogP contribution in [0.25, 0.3) is 11.5 Å². The van der Waals surface area contributed by atoms with Crippen molar-refractivity contribution in [1.82, 2.24) is 20.0 Å². The Hall–Kier alpha value is -2.84. The van der Waals surface area contributed by atoms with E-state index in [0.29, 0.717) is 23.5 Å². The fraction of sp³-hybridized carbons (Fsp3) is 0.423. The van der Waals surface area contributed by atoms with Crippen molar-refractivity contribution in [2.75, 3.05) is 45.1 Å². The van der Waals surface area contributed by atoms with E-state index in [1.54, 1.807) is 0 Å². The van der Waals surface area contributed by atoms with Gasteiger partial charge in [0.05, 0.1) is 5.75 Å². The second kappa shape index (κ2) is 11.1. The maximum absolute atomic E-state index is 12.7. The lowest BCUT2D eigenvalue weighted by molar-refractivity contribution is -0.130. The van der Waals surface area contributed by atoms with Gasteiger partial charge in [0, 0.05) is 38.3 Å². The molecule has 0 unspecified atom stereocenters. The number of nitrogens with zero attached hydrogens (tertiary/aromatic N) is 4. The van der Waals surface area contributed by atoms with Gasteiger partial charge in [-0.1, -0.05) is 62.9 Å². The van der Waals surface area contributed by atoms with Gasteiger partial charge in [-0.3, -0.25) is 9.69 Å². The van der Waals surface area contributed by atoms with Gasteiger partial charge in [0.1, 0.15) is 12.4 Å². The zero-order valence-electron chi connectivity index (χ0n) is 20.1. The zero-order valence-corrected chi connectivity index (χ0v) is 20.9. The quantitative estimate of drug-likeness (QED) is 0.444. The smallest absolute Gasteiger partial charge is 0.277 e. The van der Waals surface area contributed by atoms with E-state index in [0.717, 1.165) is 44.0 Å². The highest BCUT2D eigenvalue weighted by Crippen LogP contribution is 2.27. The number of rotatable bonds is 8. The van der Waals surface area contributed by atoms with Crippen LogP contribution in [0.15, 0.2) is 64.2 Å². The molecular formula is C26H32N4O3S. The molecule has 0 bridgehead atoms. The Morgan fingerprint density at radius 1 is 1.00 bits per heavy atom. The summed E-state index contributed by atoms with van der Waals surface area (Å²) < 4.78 is 11.6. The minimum atomic E-state index is 0.0934. The molecule has 0 saturated carbocycles. The Morgan fingerprint density at radius 3 is 2.38 bits per heavy atom. The first-order valence-corrected chi connectivity index (χ1v) is 12.6. The third-order valence-electron chi connectivity index (χ3n) is 5.87. The predicted octanol–water partition coefficient (Wildman–Crippen LogP) is 4.35. The van der Waals surface area contributed by atoms with Crippen molar-refractivity contribution in [2.24, 2.45) is 0 Å². The van der Waals surface area contributed by atoms with Crippen molar-refractivity contribution in [2.45, 2.75) is 31.4 Å². The van der Waals surface area contributed by atoms with E-state index in [1.807, 2.05) is 47.4 Å². The Bertz CT molecular complexity index is 1060. The Balaban J connectivity index is 1.19. The number of hydrogen-bond donors (Lipinski definition) is 0.